The standard InChI is InChI=1S/C24H33NO2.ClH/c1-4-22(18-8-11-21(27-3)12-9-18)23(5-2)19-10-13-24(26)20(16-19)17-25-14-6-7-15-25;/h8-13,16,22-23,26H,4-7,14-15,17H2,1-3H3;1H. The van der Waals surface area contributed by atoms with E-state index < -0.39 is 0 Å². The lowest BCUT2D eigenvalue weighted by Gasteiger charge is -2.27. The van der Waals surface area contributed by atoms with Gasteiger partial charge in [-0.25, -0.2) is 0 Å². The molecule has 154 valence electrons. The van der Waals surface area contributed by atoms with Crippen LogP contribution in [0.3, 0.4) is 0 Å². The average molecular weight is 404 g/mol. The summed E-state index contributed by atoms with van der Waals surface area (Å²) in [5.74, 6) is 2.24. The molecule has 1 saturated heterocycles. The van der Waals surface area contributed by atoms with Crippen molar-refractivity contribution in [1.29, 1.82) is 0 Å². The second kappa shape index (κ2) is 10.7. The Balaban J connectivity index is 0.00000280. The van der Waals surface area contributed by atoms with Gasteiger partial charge >= 0.3 is 0 Å². The van der Waals surface area contributed by atoms with Crippen molar-refractivity contribution in [3.8, 4) is 11.5 Å². The minimum atomic E-state index is 0. The number of phenolic OH excluding ortho intramolecular Hbond substituents is 1. The summed E-state index contributed by atoms with van der Waals surface area (Å²) in [6.07, 6.45) is 4.71. The maximum atomic E-state index is 10.4. The smallest absolute Gasteiger partial charge is 0.120 e. The Morgan fingerprint density at radius 3 is 2.07 bits per heavy atom. The van der Waals surface area contributed by atoms with Gasteiger partial charge < -0.3 is 9.84 Å². The molecule has 1 heterocycles. The van der Waals surface area contributed by atoms with Gasteiger partial charge in [-0.3, -0.25) is 4.90 Å². The molecule has 0 spiro atoms. The molecular formula is C24H34ClNO2. The molecule has 4 heteroatoms. The summed E-state index contributed by atoms with van der Waals surface area (Å²) in [5, 5.41) is 10.4. The van der Waals surface area contributed by atoms with Crippen LogP contribution in [-0.4, -0.2) is 30.2 Å². The van der Waals surface area contributed by atoms with E-state index in [4.69, 9.17) is 4.74 Å². The van der Waals surface area contributed by atoms with Gasteiger partial charge in [0, 0.05) is 12.1 Å². The van der Waals surface area contributed by atoms with Crippen molar-refractivity contribution in [2.75, 3.05) is 20.2 Å². The number of ether oxygens (including phenoxy) is 1. The summed E-state index contributed by atoms with van der Waals surface area (Å²) in [6, 6.07) is 14.8. The lowest BCUT2D eigenvalue weighted by molar-refractivity contribution is 0.323. The number of likely N-dealkylation sites (tertiary alicyclic amines) is 1. The fraction of sp³-hybridized carbons (Fsp3) is 0.500. The molecule has 2 aromatic carbocycles. The molecule has 2 atom stereocenters. The summed E-state index contributed by atoms with van der Waals surface area (Å²) < 4.78 is 5.31. The molecule has 2 unspecified atom stereocenters. The van der Waals surface area contributed by atoms with Gasteiger partial charge in [-0.05, 0) is 79.9 Å². The average Bonchev–Trinajstić information content (AvgIpc) is 3.21. The van der Waals surface area contributed by atoms with Crippen LogP contribution in [0.25, 0.3) is 0 Å². The number of phenols is 1. The lowest BCUT2D eigenvalue weighted by atomic mass is 9.78. The van der Waals surface area contributed by atoms with Crippen molar-refractivity contribution in [1.82, 2.24) is 4.90 Å². The van der Waals surface area contributed by atoms with Gasteiger partial charge in [-0.1, -0.05) is 38.1 Å². The van der Waals surface area contributed by atoms with Gasteiger partial charge in [0.1, 0.15) is 11.5 Å². The van der Waals surface area contributed by atoms with E-state index in [1.165, 1.54) is 24.0 Å². The largest absolute Gasteiger partial charge is 0.508 e. The SMILES string of the molecule is CCC(c1ccc(OC)cc1)C(CC)c1ccc(O)c(CN2CCCC2)c1.Cl. The van der Waals surface area contributed by atoms with Gasteiger partial charge in [-0.15, -0.1) is 12.4 Å². The predicted molar refractivity (Wildman–Crippen MR) is 119 cm³/mol. The Morgan fingerprint density at radius 2 is 1.50 bits per heavy atom. The molecular weight excluding hydrogens is 370 g/mol. The summed E-state index contributed by atoms with van der Waals surface area (Å²) >= 11 is 0. The first-order valence-electron chi connectivity index (χ1n) is 10.3. The van der Waals surface area contributed by atoms with Crippen molar-refractivity contribution >= 4 is 12.4 Å². The molecule has 3 nitrogen and oxygen atoms in total. The van der Waals surface area contributed by atoms with Gasteiger partial charge in [0.2, 0.25) is 0 Å². The van der Waals surface area contributed by atoms with Crippen molar-refractivity contribution in [2.24, 2.45) is 0 Å². The quantitative estimate of drug-likeness (QED) is 0.577. The fourth-order valence-electron chi connectivity index (χ4n) is 4.50. The fourth-order valence-corrected chi connectivity index (χ4v) is 4.50. The highest BCUT2D eigenvalue weighted by Gasteiger charge is 2.23. The van der Waals surface area contributed by atoms with Gasteiger partial charge in [-0.2, -0.15) is 0 Å². The zero-order valence-electron chi connectivity index (χ0n) is 17.4. The minimum absolute atomic E-state index is 0. The summed E-state index contributed by atoms with van der Waals surface area (Å²) in [4.78, 5) is 2.45. The van der Waals surface area contributed by atoms with E-state index in [1.54, 1.807) is 7.11 Å². The molecule has 0 aromatic heterocycles. The summed E-state index contributed by atoms with van der Waals surface area (Å²) in [7, 11) is 1.71. The van der Waals surface area contributed by atoms with E-state index >= 15 is 0 Å². The first-order valence-corrected chi connectivity index (χ1v) is 10.3. The Morgan fingerprint density at radius 1 is 0.929 bits per heavy atom. The number of benzene rings is 2. The van der Waals surface area contributed by atoms with E-state index in [0.29, 0.717) is 17.6 Å². The predicted octanol–water partition coefficient (Wildman–Crippen LogP) is 6.11. The number of hydrogen-bond donors (Lipinski definition) is 1. The van der Waals surface area contributed by atoms with Crippen molar-refractivity contribution < 1.29 is 9.84 Å². The highest BCUT2D eigenvalue weighted by Crippen LogP contribution is 2.39. The number of hydrogen-bond acceptors (Lipinski definition) is 3. The van der Waals surface area contributed by atoms with Crippen LogP contribution >= 0.6 is 12.4 Å². The van der Waals surface area contributed by atoms with Crippen molar-refractivity contribution in [3.05, 3.63) is 59.2 Å². The Kier molecular flexibility index (Phi) is 8.65. The molecule has 0 aliphatic carbocycles. The van der Waals surface area contributed by atoms with Crippen LogP contribution in [0.5, 0.6) is 11.5 Å². The van der Waals surface area contributed by atoms with Crippen LogP contribution in [0.2, 0.25) is 0 Å². The first-order chi connectivity index (χ1) is 13.2. The molecule has 0 bridgehead atoms. The van der Waals surface area contributed by atoms with Gasteiger partial charge in [0.15, 0.2) is 0 Å². The minimum Gasteiger partial charge on any atom is -0.508 e. The van der Waals surface area contributed by atoms with Crippen LogP contribution in [0, 0.1) is 0 Å². The Bertz CT molecular complexity index is 726. The molecule has 1 aliphatic heterocycles. The van der Waals surface area contributed by atoms with E-state index in [9.17, 15) is 5.11 Å². The molecule has 1 aliphatic rings. The van der Waals surface area contributed by atoms with Crippen molar-refractivity contribution in [2.45, 2.75) is 57.9 Å². The molecule has 28 heavy (non-hydrogen) atoms. The van der Waals surface area contributed by atoms with E-state index in [2.05, 4.69) is 55.1 Å². The lowest BCUT2D eigenvalue weighted by Crippen LogP contribution is -2.19. The number of methoxy groups -OCH3 is 1. The highest BCUT2D eigenvalue weighted by atomic mass is 35.5. The molecule has 0 amide bonds. The Hall–Kier alpha value is -1.71. The highest BCUT2D eigenvalue weighted by molar-refractivity contribution is 5.85. The second-order valence-electron chi connectivity index (χ2n) is 7.67. The molecule has 3 rings (SSSR count). The second-order valence-corrected chi connectivity index (χ2v) is 7.67. The van der Waals surface area contributed by atoms with Crippen molar-refractivity contribution in [3.63, 3.8) is 0 Å². The molecule has 1 N–H and O–H groups in total. The zero-order valence-corrected chi connectivity index (χ0v) is 18.2. The molecule has 0 radical (unpaired) electrons. The molecule has 0 saturated carbocycles. The molecule has 2 aromatic rings. The van der Waals surface area contributed by atoms with Gasteiger partial charge in [0.05, 0.1) is 7.11 Å². The van der Waals surface area contributed by atoms with Crippen LogP contribution in [0.1, 0.15) is 68.1 Å². The normalized spacial score (nSPS) is 16.4. The topological polar surface area (TPSA) is 32.7 Å². The van der Waals surface area contributed by atoms with Crippen LogP contribution in [0.15, 0.2) is 42.5 Å². The third kappa shape index (κ3) is 5.21. The van der Waals surface area contributed by atoms with E-state index in [-0.39, 0.29) is 12.4 Å². The van der Waals surface area contributed by atoms with E-state index in [1.807, 2.05) is 6.07 Å². The summed E-state index contributed by atoms with van der Waals surface area (Å²) in [6.45, 7) is 7.68. The maximum Gasteiger partial charge on any atom is 0.120 e. The third-order valence-electron chi connectivity index (χ3n) is 6.03. The molecule has 1 fully saturated rings. The monoisotopic (exact) mass is 403 g/mol. The maximum absolute atomic E-state index is 10.4. The van der Waals surface area contributed by atoms with Crippen LogP contribution in [0.4, 0.5) is 0 Å². The van der Waals surface area contributed by atoms with Crippen LogP contribution in [-0.2, 0) is 6.54 Å². The third-order valence-corrected chi connectivity index (χ3v) is 6.03. The van der Waals surface area contributed by atoms with Gasteiger partial charge in [0.25, 0.3) is 0 Å². The Labute approximate surface area is 176 Å². The number of aromatic hydroxyl groups is 1. The number of rotatable bonds is 8. The van der Waals surface area contributed by atoms with Crippen LogP contribution < -0.4 is 4.74 Å². The van der Waals surface area contributed by atoms with E-state index in [0.717, 1.165) is 43.8 Å². The zero-order chi connectivity index (χ0) is 19.2. The number of nitrogens with zero attached hydrogens (tertiary/aromatic N) is 1. The summed E-state index contributed by atoms with van der Waals surface area (Å²) in [5.41, 5.74) is 3.77. The number of halogens is 1. The first kappa shape index (κ1) is 22.6.